The molecule has 1 unspecified atom stereocenters. The number of esters is 1. The van der Waals surface area contributed by atoms with Gasteiger partial charge < -0.3 is 19.3 Å². The molecule has 0 aliphatic heterocycles. The van der Waals surface area contributed by atoms with Gasteiger partial charge in [-0.2, -0.15) is 0 Å². The van der Waals surface area contributed by atoms with Crippen LogP contribution in [0.3, 0.4) is 0 Å². The lowest BCUT2D eigenvalue weighted by Crippen LogP contribution is -2.39. The van der Waals surface area contributed by atoms with Crippen LogP contribution in [0.15, 0.2) is 54.6 Å². The zero-order chi connectivity index (χ0) is 25.0. The van der Waals surface area contributed by atoms with Crippen LogP contribution in [-0.2, 0) is 16.1 Å². The first-order valence-electron chi connectivity index (χ1n) is 11.9. The number of benzene rings is 3. The molecule has 4 rings (SSSR count). The highest BCUT2D eigenvalue weighted by molar-refractivity contribution is 7.27. The monoisotopic (exact) mass is 494 g/mol. The predicted octanol–water partition coefficient (Wildman–Crippen LogP) is 5.51. The van der Waals surface area contributed by atoms with E-state index in [9.17, 15) is 14.7 Å². The summed E-state index contributed by atoms with van der Waals surface area (Å²) in [5.41, 5.74) is 0.534. The molecule has 0 aromatic heterocycles. The van der Waals surface area contributed by atoms with Crippen molar-refractivity contribution in [2.45, 2.75) is 51.7 Å². The number of aromatic carboxylic acids is 1. The van der Waals surface area contributed by atoms with Gasteiger partial charge in [0.2, 0.25) is 0 Å². The fourth-order valence-electron chi connectivity index (χ4n) is 4.87. The van der Waals surface area contributed by atoms with Gasteiger partial charge in [-0.1, -0.05) is 49.4 Å². The number of carboxylic acid groups (broad SMARTS) is 1. The van der Waals surface area contributed by atoms with Crippen molar-refractivity contribution >= 4 is 37.3 Å². The van der Waals surface area contributed by atoms with Crippen LogP contribution in [0.2, 0.25) is 0 Å². The Morgan fingerprint density at radius 1 is 1.06 bits per heavy atom. The van der Waals surface area contributed by atoms with Gasteiger partial charge in [-0.15, -0.1) is 9.24 Å². The van der Waals surface area contributed by atoms with E-state index in [2.05, 4.69) is 21.4 Å². The van der Waals surface area contributed by atoms with Crippen molar-refractivity contribution in [2.75, 3.05) is 7.11 Å². The van der Waals surface area contributed by atoms with Gasteiger partial charge in [0.1, 0.15) is 23.7 Å². The van der Waals surface area contributed by atoms with Gasteiger partial charge in [0.05, 0.1) is 18.6 Å². The van der Waals surface area contributed by atoms with E-state index in [-0.39, 0.29) is 30.0 Å². The lowest BCUT2D eigenvalue weighted by atomic mass is 9.71. The summed E-state index contributed by atoms with van der Waals surface area (Å²) in [6.07, 6.45) is 3.31. The molecule has 1 aliphatic rings. The Kier molecular flexibility index (Phi) is 7.61. The molecule has 1 saturated carbocycles. The van der Waals surface area contributed by atoms with Gasteiger partial charge in [-0.25, -0.2) is 4.79 Å². The molecule has 0 spiro atoms. The molecule has 1 aliphatic carbocycles. The molecule has 0 heterocycles. The van der Waals surface area contributed by atoms with Crippen LogP contribution >= 0.6 is 9.24 Å². The number of carboxylic acids is 1. The van der Waals surface area contributed by atoms with Crippen molar-refractivity contribution < 1.29 is 28.9 Å². The summed E-state index contributed by atoms with van der Waals surface area (Å²) in [5.74, 6) is -0.437. The number of carbonyl (C=O) groups is 2. The number of ether oxygens (including phenoxy) is 3. The van der Waals surface area contributed by atoms with Crippen LogP contribution < -0.4 is 14.8 Å². The van der Waals surface area contributed by atoms with E-state index < -0.39 is 11.4 Å². The zero-order valence-electron chi connectivity index (χ0n) is 20.1. The quantitative estimate of drug-likeness (QED) is 0.329. The highest BCUT2D eigenvalue weighted by atomic mass is 31.0. The number of methoxy groups -OCH3 is 1. The largest absolute Gasteiger partial charge is 0.496 e. The molecule has 1 N–H and O–H groups in total. The summed E-state index contributed by atoms with van der Waals surface area (Å²) in [4.78, 5) is 24.8. The molecule has 7 heteroatoms. The molecule has 6 nitrogen and oxygen atoms in total. The fraction of sp³-hybridized carbons (Fsp3) is 0.357. The van der Waals surface area contributed by atoms with E-state index >= 15 is 0 Å². The predicted molar refractivity (Wildman–Crippen MR) is 139 cm³/mol. The highest BCUT2D eigenvalue weighted by Gasteiger charge is 2.42. The first-order chi connectivity index (χ1) is 16.9. The van der Waals surface area contributed by atoms with Gasteiger partial charge in [0, 0.05) is 5.30 Å². The maximum atomic E-state index is 13.2. The second-order valence-electron chi connectivity index (χ2n) is 9.06. The molecule has 3 aromatic carbocycles. The maximum absolute atomic E-state index is 13.2. The van der Waals surface area contributed by atoms with Crippen molar-refractivity contribution in [1.82, 2.24) is 0 Å². The van der Waals surface area contributed by atoms with E-state index in [0.717, 1.165) is 21.6 Å². The normalized spacial score (nSPS) is 19.8. The lowest BCUT2D eigenvalue weighted by Gasteiger charge is -2.37. The second-order valence-corrected chi connectivity index (χ2v) is 9.68. The molecular weight excluding hydrogens is 463 g/mol. The molecule has 0 saturated heterocycles. The average Bonchev–Trinajstić information content (AvgIpc) is 2.88. The first-order valence-corrected chi connectivity index (χ1v) is 12.5. The number of rotatable bonds is 8. The van der Waals surface area contributed by atoms with Crippen LogP contribution in [-0.4, -0.2) is 30.3 Å². The summed E-state index contributed by atoms with van der Waals surface area (Å²) in [5, 5.41) is 12.4. The number of hydrogen-bond donors (Lipinski definition) is 1. The zero-order valence-corrected chi connectivity index (χ0v) is 21.2. The fourth-order valence-corrected chi connectivity index (χ4v) is 5.17. The molecule has 0 amide bonds. The third kappa shape index (κ3) is 5.28. The first kappa shape index (κ1) is 25.0. The summed E-state index contributed by atoms with van der Waals surface area (Å²) in [6, 6.07) is 17.3. The summed E-state index contributed by atoms with van der Waals surface area (Å²) >= 11 is 0. The van der Waals surface area contributed by atoms with Crippen LogP contribution in [0.1, 0.15) is 54.9 Å². The van der Waals surface area contributed by atoms with Crippen LogP contribution in [0.25, 0.3) is 10.8 Å². The Morgan fingerprint density at radius 2 is 1.77 bits per heavy atom. The molecule has 35 heavy (non-hydrogen) atoms. The van der Waals surface area contributed by atoms with E-state index in [1.165, 1.54) is 13.2 Å². The third-order valence-electron chi connectivity index (χ3n) is 7.09. The molecule has 184 valence electrons. The van der Waals surface area contributed by atoms with Gasteiger partial charge in [0.25, 0.3) is 0 Å². The summed E-state index contributed by atoms with van der Waals surface area (Å²) in [6.45, 7) is 2.28. The molecule has 0 radical (unpaired) electrons. The van der Waals surface area contributed by atoms with Crippen LogP contribution in [0, 0.1) is 5.41 Å². The van der Waals surface area contributed by atoms with Crippen LogP contribution in [0.5, 0.6) is 11.5 Å². The second kappa shape index (κ2) is 10.7. The van der Waals surface area contributed by atoms with Gasteiger partial charge >= 0.3 is 11.9 Å². The number of hydrogen-bond acceptors (Lipinski definition) is 5. The summed E-state index contributed by atoms with van der Waals surface area (Å²) in [7, 11) is 4.01. The molecule has 3 aromatic rings. The minimum atomic E-state index is -1.07. The van der Waals surface area contributed by atoms with Gasteiger partial charge in [-0.05, 0) is 60.6 Å². The number of fused-ring (bicyclic) bond motifs is 1. The number of carbonyl (C=O) groups excluding carboxylic acids is 1. The Labute approximate surface area is 207 Å². The Morgan fingerprint density at radius 3 is 2.46 bits per heavy atom. The summed E-state index contributed by atoms with van der Waals surface area (Å²) < 4.78 is 17.2. The lowest BCUT2D eigenvalue weighted by molar-refractivity contribution is -0.161. The Balaban J connectivity index is 1.41. The van der Waals surface area contributed by atoms with Crippen molar-refractivity contribution in [3.05, 3.63) is 65.7 Å². The van der Waals surface area contributed by atoms with Gasteiger partial charge in [-0.3, -0.25) is 4.79 Å². The van der Waals surface area contributed by atoms with Crippen molar-refractivity contribution in [3.8, 4) is 11.5 Å². The van der Waals surface area contributed by atoms with E-state index in [1.807, 2.05) is 37.3 Å². The van der Waals surface area contributed by atoms with E-state index in [1.54, 1.807) is 6.07 Å². The standard InChI is InChI=1S/C28H31O6P/c1-3-28(27(31)33-17-19-9-6-8-18-7-4-5-10-21(18)19)13-11-20(12-14-28)34-24-15-22(26(29)30)23(32-2)16-25(24)35/h4-10,15-16,20H,3,11-14,17,35H2,1-2H3,(H,29,30)/t20-,28+. The van der Waals surface area contributed by atoms with Crippen molar-refractivity contribution in [3.63, 3.8) is 0 Å². The van der Waals surface area contributed by atoms with Gasteiger partial charge in [0.15, 0.2) is 0 Å². The highest BCUT2D eigenvalue weighted by Crippen LogP contribution is 2.42. The van der Waals surface area contributed by atoms with Crippen molar-refractivity contribution in [1.29, 1.82) is 0 Å². The van der Waals surface area contributed by atoms with E-state index in [4.69, 9.17) is 14.2 Å². The average molecular weight is 495 g/mol. The van der Waals surface area contributed by atoms with E-state index in [0.29, 0.717) is 37.9 Å². The Bertz CT molecular complexity index is 1220. The smallest absolute Gasteiger partial charge is 0.339 e. The van der Waals surface area contributed by atoms with Crippen molar-refractivity contribution in [2.24, 2.45) is 5.41 Å². The topological polar surface area (TPSA) is 82.1 Å². The molecular formula is C28H31O6P. The molecule has 1 fully saturated rings. The minimum absolute atomic E-state index is 0.0597. The van der Waals surface area contributed by atoms with Crippen LogP contribution in [0.4, 0.5) is 0 Å². The SMILES string of the molecule is CC[C@]1(C(=O)OCc2cccc3ccccc23)CC[C@@H](Oc2cc(C(=O)O)c(OC)cc2P)CC1. The third-order valence-corrected chi connectivity index (χ3v) is 7.55. The maximum Gasteiger partial charge on any atom is 0.339 e. The molecule has 0 bridgehead atoms. The minimum Gasteiger partial charge on any atom is -0.496 e. The molecule has 1 atom stereocenters. The Hall–Kier alpha value is -3.11.